The summed E-state index contributed by atoms with van der Waals surface area (Å²) >= 11 is 0. The first-order valence-corrected chi connectivity index (χ1v) is 16.7. The first-order valence-electron chi connectivity index (χ1n) is 15.3. The number of hydrogen-bond donors (Lipinski definition) is 1. The molecule has 3 aliphatic heterocycles. The summed E-state index contributed by atoms with van der Waals surface area (Å²) in [5.74, 6) is 0.621. The Morgan fingerprint density at radius 2 is 1.81 bits per heavy atom. The zero-order valence-corrected chi connectivity index (χ0v) is 25.3. The Labute approximate surface area is 247 Å². The number of amides is 1. The van der Waals surface area contributed by atoms with Gasteiger partial charge in [-0.05, 0) is 75.0 Å². The number of benzene rings is 2. The van der Waals surface area contributed by atoms with E-state index >= 15 is 0 Å². The number of carbonyl (C=O) groups is 1. The van der Waals surface area contributed by atoms with Gasteiger partial charge in [-0.15, -0.1) is 0 Å². The molecule has 224 valence electrons. The Kier molecular flexibility index (Phi) is 7.08. The fraction of sp³-hybridized carbons (Fsp3) is 0.531. The number of rotatable bonds is 1. The minimum absolute atomic E-state index is 0.191. The SMILES string of the molecule is CN1CCCN(C)S(=O)(=O)NC(=O)c2ccc3c(C4CCCCC4)c4n(c3c2)CC2(COc3ccccc3-4)CC1CO2. The molecular weight excluding hydrogens is 552 g/mol. The molecule has 2 aromatic carbocycles. The van der Waals surface area contributed by atoms with Crippen molar-refractivity contribution < 1.29 is 22.7 Å². The van der Waals surface area contributed by atoms with Gasteiger partial charge in [0.25, 0.3) is 5.91 Å². The third-order valence-electron chi connectivity index (χ3n) is 9.89. The van der Waals surface area contributed by atoms with Crippen molar-refractivity contribution in [3.63, 3.8) is 0 Å². The van der Waals surface area contributed by atoms with Gasteiger partial charge in [0.2, 0.25) is 0 Å². The summed E-state index contributed by atoms with van der Waals surface area (Å²) in [6.07, 6.45) is 7.33. The van der Waals surface area contributed by atoms with E-state index < -0.39 is 21.7 Å². The van der Waals surface area contributed by atoms with Crippen molar-refractivity contribution in [2.45, 2.75) is 69.1 Å². The number of nitrogens with zero attached hydrogens (tertiary/aromatic N) is 3. The van der Waals surface area contributed by atoms with Gasteiger partial charge in [-0.25, -0.2) is 4.72 Å². The number of aromatic nitrogens is 1. The highest BCUT2D eigenvalue weighted by Gasteiger charge is 2.45. The van der Waals surface area contributed by atoms with E-state index in [2.05, 4.69) is 33.4 Å². The topological polar surface area (TPSA) is 93.1 Å². The van der Waals surface area contributed by atoms with Crippen LogP contribution in [0.2, 0.25) is 0 Å². The minimum Gasteiger partial charge on any atom is -0.490 e. The highest BCUT2D eigenvalue weighted by Crippen LogP contribution is 2.48. The molecule has 0 radical (unpaired) electrons. The Hall–Kier alpha value is -2.92. The van der Waals surface area contributed by atoms with Crippen LogP contribution in [0.1, 0.15) is 66.8 Å². The molecule has 1 amide bonds. The molecule has 9 nitrogen and oxygen atoms in total. The van der Waals surface area contributed by atoms with Crippen LogP contribution in [0.3, 0.4) is 0 Å². The van der Waals surface area contributed by atoms with Crippen molar-refractivity contribution >= 4 is 27.0 Å². The quantitative estimate of drug-likeness (QED) is 0.447. The second-order valence-electron chi connectivity index (χ2n) is 12.6. The molecule has 1 aromatic heterocycles. The van der Waals surface area contributed by atoms with Crippen LogP contribution in [-0.2, 0) is 21.5 Å². The number of nitrogens with one attached hydrogen (secondary N) is 1. The molecule has 42 heavy (non-hydrogen) atoms. The summed E-state index contributed by atoms with van der Waals surface area (Å²) in [6.45, 7) is 2.64. The van der Waals surface area contributed by atoms with Crippen LogP contribution in [0, 0.1) is 0 Å². The molecule has 2 atom stereocenters. The van der Waals surface area contributed by atoms with Crippen LogP contribution in [0.15, 0.2) is 42.5 Å². The molecule has 1 saturated carbocycles. The van der Waals surface area contributed by atoms with Crippen molar-refractivity contribution in [2.75, 3.05) is 40.4 Å². The second-order valence-corrected chi connectivity index (χ2v) is 14.4. The summed E-state index contributed by atoms with van der Waals surface area (Å²) in [7, 11) is -0.387. The van der Waals surface area contributed by atoms with Crippen LogP contribution < -0.4 is 9.46 Å². The Morgan fingerprint density at radius 3 is 2.64 bits per heavy atom. The highest BCUT2D eigenvalue weighted by molar-refractivity contribution is 7.87. The average molecular weight is 593 g/mol. The second kappa shape index (κ2) is 10.7. The molecule has 10 heteroatoms. The monoisotopic (exact) mass is 592 g/mol. The lowest BCUT2D eigenvalue weighted by Gasteiger charge is -2.34. The first-order chi connectivity index (χ1) is 20.2. The molecule has 1 saturated heterocycles. The Morgan fingerprint density at radius 1 is 1.00 bits per heavy atom. The largest absolute Gasteiger partial charge is 0.490 e. The van der Waals surface area contributed by atoms with Gasteiger partial charge in [-0.1, -0.05) is 37.5 Å². The lowest BCUT2D eigenvalue weighted by atomic mass is 9.81. The molecule has 1 N–H and O–H groups in total. The molecule has 3 aromatic rings. The van der Waals surface area contributed by atoms with Crippen LogP contribution in [0.4, 0.5) is 0 Å². The fourth-order valence-corrected chi connectivity index (χ4v) is 8.40. The van der Waals surface area contributed by atoms with Crippen LogP contribution in [0.25, 0.3) is 22.2 Å². The van der Waals surface area contributed by atoms with E-state index in [0.717, 1.165) is 47.2 Å². The maximum Gasteiger partial charge on any atom is 0.303 e. The molecular formula is C32H40N4O5S. The molecule has 1 spiro atoms. The van der Waals surface area contributed by atoms with Gasteiger partial charge >= 0.3 is 10.2 Å². The Bertz CT molecular complexity index is 1630. The summed E-state index contributed by atoms with van der Waals surface area (Å²) < 4.78 is 45.3. The molecule has 2 fully saturated rings. The summed E-state index contributed by atoms with van der Waals surface area (Å²) in [4.78, 5) is 15.7. The van der Waals surface area contributed by atoms with Gasteiger partial charge in [0.05, 0.1) is 18.8 Å². The molecule has 1 aliphatic carbocycles. The summed E-state index contributed by atoms with van der Waals surface area (Å²) in [6, 6.07) is 14.1. The van der Waals surface area contributed by atoms with Crippen LogP contribution in [-0.4, -0.2) is 80.1 Å². The standard InChI is InChI=1S/C32H40N4O5S/c1-34-15-8-16-35(2)42(38,39)33-31(37)23-13-14-25-27(17-23)36-20-32(18-24(34)19-41-32)21-40-28-12-7-6-11-26(28)30(36)29(25)22-9-4-3-5-10-22/h6-7,11-14,17,22,24H,3-5,8-10,15-16,18-21H2,1-2H3,(H,33,37). The first kappa shape index (κ1) is 27.9. The van der Waals surface area contributed by atoms with E-state index in [1.165, 1.54) is 36.2 Å². The number of hydrogen-bond acceptors (Lipinski definition) is 6. The minimum atomic E-state index is -3.98. The van der Waals surface area contributed by atoms with Crippen LogP contribution in [0.5, 0.6) is 5.75 Å². The molecule has 5 bridgehead atoms. The molecule has 7 rings (SSSR count). The maximum absolute atomic E-state index is 13.4. The lowest BCUT2D eigenvalue weighted by Crippen LogP contribution is -2.44. The van der Waals surface area contributed by atoms with E-state index in [0.29, 0.717) is 50.8 Å². The lowest BCUT2D eigenvalue weighted by molar-refractivity contribution is -0.0431. The normalized spacial score (nSPS) is 27.4. The number of ether oxygens (including phenoxy) is 2. The number of para-hydroxylation sites is 1. The smallest absolute Gasteiger partial charge is 0.303 e. The number of likely N-dealkylation sites (N-methyl/N-ethyl adjacent to an activating group) is 1. The van der Waals surface area contributed by atoms with Crippen molar-refractivity contribution in [1.82, 2.24) is 18.5 Å². The van der Waals surface area contributed by atoms with Crippen molar-refractivity contribution in [3.05, 3.63) is 53.6 Å². The van der Waals surface area contributed by atoms with Gasteiger partial charge in [0.1, 0.15) is 18.0 Å². The van der Waals surface area contributed by atoms with E-state index in [1.807, 2.05) is 24.3 Å². The third kappa shape index (κ3) is 4.82. The van der Waals surface area contributed by atoms with Gasteiger partial charge < -0.3 is 18.9 Å². The van der Waals surface area contributed by atoms with E-state index in [4.69, 9.17) is 9.47 Å². The summed E-state index contributed by atoms with van der Waals surface area (Å²) in [5.41, 5.74) is 4.23. The van der Waals surface area contributed by atoms with Crippen molar-refractivity contribution in [2.24, 2.45) is 0 Å². The zero-order chi connectivity index (χ0) is 29.1. The average Bonchev–Trinajstić information content (AvgIpc) is 3.54. The van der Waals surface area contributed by atoms with Gasteiger partial charge in [-0.3, -0.25) is 4.79 Å². The van der Waals surface area contributed by atoms with E-state index in [1.54, 1.807) is 6.07 Å². The van der Waals surface area contributed by atoms with Crippen LogP contribution >= 0.6 is 0 Å². The van der Waals surface area contributed by atoms with Gasteiger partial charge in [0.15, 0.2) is 0 Å². The van der Waals surface area contributed by atoms with E-state index in [9.17, 15) is 13.2 Å². The van der Waals surface area contributed by atoms with Gasteiger partial charge in [0, 0.05) is 41.7 Å². The fourth-order valence-electron chi connectivity index (χ4n) is 7.52. The van der Waals surface area contributed by atoms with Crippen molar-refractivity contribution in [1.29, 1.82) is 0 Å². The highest BCUT2D eigenvalue weighted by atomic mass is 32.2. The predicted molar refractivity (Wildman–Crippen MR) is 162 cm³/mol. The Balaban J connectivity index is 1.47. The maximum atomic E-state index is 13.4. The van der Waals surface area contributed by atoms with E-state index in [-0.39, 0.29) is 6.04 Å². The zero-order valence-electron chi connectivity index (χ0n) is 24.5. The molecule has 4 aliphatic rings. The van der Waals surface area contributed by atoms with Crippen molar-refractivity contribution in [3.8, 4) is 17.0 Å². The number of carbonyl (C=O) groups excluding carboxylic acids is 1. The number of fused-ring (bicyclic) bond motifs is 4. The van der Waals surface area contributed by atoms with Gasteiger partial charge in [-0.2, -0.15) is 12.7 Å². The molecule has 4 heterocycles. The molecule has 2 unspecified atom stereocenters. The third-order valence-corrected chi connectivity index (χ3v) is 11.3. The predicted octanol–water partition coefficient (Wildman–Crippen LogP) is 4.52. The summed E-state index contributed by atoms with van der Waals surface area (Å²) in [5, 5.41) is 1.12.